The van der Waals surface area contributed by atoms with Gasteiger partial charge in [-0.2, -0.15) is 0 Å². The van der Waals surface area contributed by atoms with E-state index in [1.54, 1.807) is 24.3 Å². The number of thioether (sulfide) groups is 1. The Hall–Kier alpha value is -3.28. The molecule has 8 nitrogen and oxygen atoms in total. The second-order valence-electron chi connectivity index (χ2n) is 9.37. The highest BCUT2D eigenvalue weighted by molar-refractivity contribution is 8.00. The third-order valence-electron chi connectivity index (χ3n) is 6.62. The van der Waals surface area contributed by atoms with E-state index in [1.165, 1.54) is 34.9 Å². The van der Waals surface area contributed by atoms with E-state index in [1.807, 2.05) is 30.5 Å². The molecule has 1 fully saturated rings. The minimum atomic E-state index is -0.475. The highest BCUT2D eigenvalue weighted by Gasteiger charge is 2.22. The molecule has 0 atom stereocenters. The fourth-order valence-corrected chi connectivity index (χ4v) is 6.05. The van der Waals surface area contributed by atoms with Crippen LogP contribution in [-0.4, -0.2) is 57.2 Å². The number of likely N-dealkylation sites (tertiary alicyclic amines) is 1. The molecule has 1 aliphatic heterocycles. The van der Waals surface area contributed by atoms with E-state index in [0.29, 0.717) is 25.7 Å². The molecule has 4 aromatic rings. The van der Waals surface area contributed by atoms with Crippen molar-refractivity contribution in [3.63, 3.8) is 0 Å². The van der Waals surface area contributed by atoms with Gasteiger partial charge in [0, 0.05) is 31.4 Å². The van der Waals surface area contributed by atoms with Gasteiger partial charge in [-0.1, -0.05) is 71.1 Å². The number of carbonyl (C=O) groups is 2. The Balaban J connectivity index is 1.29. The summed E-state index contributed by atoms with van der Waals surface area (Å²) in [5.74, 6) is -0.474. The molecule has 1 saturated heterocycles. The van der Waals surface area contributed by atoms with Gasteiger partial charge < -0.3 is 15.7 Å². The van der Waals surface area contributed by atoms with Crippen molar-refractivity contribution in [1.82, 2.24) is 14.9 Å². The second kappa shape index (κ2) is 12.9. The van der Waals surface area contributed by atoms with Gasteiger partial charge in [-0.15, -0.1) is 0 Å². The maximum absolute atomic E-state index is 13.2. The predicted octanol–water partition coefficient (Wildman–Crippen LogP) is 6.04. The summed E-state index contributed by atoms with van der Waals surface area (Å²) >= 11 is 8.51. The fraction of sp³-hybridized carbons (Fsp3) is 0.241. The lowest BCUT2D eigenvalue weighted by Gasteiger charge is -2.30. The Bertz CT molecular complexity index is 1490. The normalized spacial score (nSPS) is 14.2. The number of amides is 2. The summed E-state index contributed by atoms with van der Waals surface area (Å²) in [6, 6.07) is 18.9. The molecule has 11 heteroatoms. The van der Waals surface area contributed by atoms with Crippen molar-refractivity contribution in [2.75, 3.05) is 30.0 Å². The number of aliphatic hydroxyl groups is 1. The molecule has 1 aliphatic rings. The molecule has 2 amide bonds. The smallest absolute Gasteiger partial charge is 0.278 e. The van der Waals surface area contributed by atoms with Crippen LogP contribution in [0.1, 0.15) is 39.3 Å². The summed E-state index contributed by atoms with van der Waals surface area (Å²) in [5, 5.41) is 16.2. The quantitative estimate of drug-likeness (QED) is 0.214. The summed E-state index contributed by atoms with van der Waals surface area (Å²) in [7, 11) is 0. The highest BCUT2D eigenvalue weighted by Crippen LogP contribution is 2.32. The molecule has 0 spiro atoms. The van der Waals surface area contributed by atoms with Crippen LogP contribution in [0.4, 0.5) is 10.8 Å². The van der Waals surface area contributed by atoms with Gasteiger partial charge in [0.05, 0.1) is 11.1 Å². The van der Waals surface area contributed by atoms with Crippen molar-refractivity contribution in [2.24, 2.45) is 0 Å². The molecular weight excluding hydrogens is 566 g/mol. The van der Waals surface area contributed by atoms with E-state index >= 15 is 0 Å². The molecule has 3 heterocycles. The monoisotopic (exact) mass is 593 g/mol. The molecule has 0 bridgehead atoms. The first-order valence-electron chi connectivity index (χ1n) is 12.8. The number of thiazole rings is 1. The van der Waals surface area contributed by atoms with Gasteiger partial charge >= 0.3 is 0 Å². The number of pyridine rings is 1. The van der Waals surface area contributed by atoms with E-state index in [9.17, 15) is 14.7 Å². The van der Waals surface area contributed by atoms with Crippen LogP contribution >= 0.6 is 34.7 Å². The van der Waals surface area contributed by atoms with Crippen LogP contribution in [0.3, 0.4) is 0 Å². The third kappa shape index (κ3) is 6.89. The number of nitrogens with zero attached hydrogens (tertiary/aromatic N) is 3. The zero-order valence-electron chi connectivity index (χ0n) is 21.8. The Morgan fingerprint density at radius 1 is 1.05 bits per heavy atom. The molecule has 5 rings (SSSR count). The minimum absolute atomic E-state index is 0.121. The Kier molecular flexibility index (Phi) is 9.13. The number of nitrogens with one attached hydrogen (secondary N) is 2. The van der Waals surface area contributed by atoms with Crippen LogP contribution in [0.25, 0.3) is 11.1 Å². The average Bonchev–Trinajstić information content (AvgIpc) is 3.39. The van der Waals surface area contributed by atoms with Gasteiger partial charge in [-0.05, 0) is 60.1 Å². The first-order valence-corrected chi connectivity index (χ1v) is 15.2. The number of benzene rings is 2. The third-order valence-corrected chi connectivity index (χ3v) is 8.80. The van der Waals surface area contributed by atoms with Crippen molar-refractivity contribution >= 4 is 57.3 Å². The van der Waals surface area contributed by atoms with Crippen LogP contribution in [0.15, 0.2) is 71.2 Å². The fourth-order valence-electron chi connectivity index (χ4n) is 4.49. The molecule has 0 radical (unpaired) electrons. The van der Waals surface area contributed by atoms with E-state index in [-0.39, 0.29) is 17.7 Å². The number of halogens is 1. The molecule has 2 aromatic heterocycles. The molecule has 0 aliphatic carbocycles. The van der Waals surface area contributed by atoms with Crippen molar-refractivity contribution in [1.29, 1.82) is 0 Å². The lowest BCUT2D eigenvalue weighted by atomic mass is 9.97. The second-order valence-corrected chi connectivity index (χ2v) is 11.9. The van der Waals surface area contributed by atoms with Crippen molar-refractivity contribution < 1.29 is 14.7 Å². The number of aliphatic hydroxyl groups excluding tert-OH is 1. The number of carbonyl (C=O) groups excluding carboxylic acids is 2. The van der Waals surface area contributed by atoms with Crippen LogP contribution in [0.2, 0.25) is 5.02 Å². The van der Waals surface area contributed by atoms with E-state index in [4.69, 9.17) is 11.6 Å². The summed E-state index contributed by atoms with van der Waals surface area (Å²) in [6.45, 7) is 2.56. The first-order chi connectivity index (χ1) is 19.4. The summed E-state index contributed by atoms with van der Waals surface area (Å²) in [5.41, 5.74) is 3.92. The van der Waals surface area contributed by atoms with Crippen LogP contribution in [0.5, 0.6) is 0 Å². The maximum atomic E-state index is 13.2. The standard InChI is InChI=1S/C29H28ClN5O3S2/c1-39-29-33-25(27(38)32-24-11-10-21(30)16-31-24)28(40-29)34-26(37)19-8-6-18(7-9-19)23-5-3-2-4-20(23)17-35-14-12-22(36)13-15-35/h2-11,16,22,36H,12-15,17H2,1H3,(H,34,37)(H,31,32,38). The molecule has 0 saturated carbocycles. The SMILES string of the molecule is CSc1nc(C(=O)Nc2ccc(Cl)cn2)c(NC(=O)c2ccc(-c3ccccc3CN3CCC(O)CC3)cc2)s1. The van der Waals surface area contributed by atoms with E-state index < -0.39 is 5.91 Å². The number of anilines is 2. The minimum Gasteiger partial charge on any atom is -0.393 e. The molecule has 0 unspecified atom stereocenters. The highest BCUT2D eigenvalue weighted by atomic mass is 35.5. The van der Waals surface area contributed by atoms with E-state index in [0.717, 1.165) is 43.6 Å². The van der Waals surface area contributed by atoms with Gasteiger partial charge in [0.1, 0.15) is 10.8 Å². The zero-order valence-corrected chi connectivity index (χ0v) is 24.2. The van der Waals surface area contributed by atoms with Crippen molar-refractivity contribution in [3.05, 3.63) is 88.7 Å². The van der Waals surface area contributed by atoms with Gasteiger partial charge in [0.15, 0.2) is 10.0 Å². The van der Waals surface area contributed by atoms with Gasteiger partial charge in [-0.3, -0.25) is 14.5 Å². The average molecular weight is 594 g/mol. The number of piperidine rings is 1. The number of hydrogen-bond donors (Lipinski definition) is 3. The lowest BCUT2D eigenvalue weighted by molar-refractivity contribution is 0.0793. The summed E-state index contributed by atoms with van der Waals surface area (Å²) in [6.07, 6.45) is 4.69. The maximum Gasteiger partial charge on any atom is 0.278 e. The molecule has 206 valence electrons. The van der Waals surface area contributed by atoms with Crippen molar-refractivity contribution in [2.45, 2.75) is 29.8 Å². The largest absolute Gasteiger partial charge is 0.393 e. The Morgan fingerprint density at radius 2 is 1.80 bits per heavy atom. The van der Waals surface area contributed by atoms with Gasteiger partial charge in [-0.25, -0.2) is 9.97 Å². The van der Waals surface area contributed by atoms with Crippen LogP contribution in [-0.2, 0) is 6.54 Å². The molecule has 3 N–H and O–H groups in total. The van der Waals surface area contributed by atoms with Crippen LogP contribution in [0, 0.1) is 0 Å². The first kappa shape index (κ1) is 28.3. The molecule has 2 aromatic carbocycles. The Morgan fingerprint density at radius 3 is 2.50 bits per heavy atom. The zero-order chi connectivity index (χ0) is 28.1. The van der Waals surface area contributed by atoms with Crippen LogP contribution < -0.4 is 10.6 Å². The molecular formula is C29H28ClN5O3S2. The predicted molar refractivity (Wildman–Crippen MR) is 161 cm³/mol. The lowest BCUT2D eigenvalue weighted by Crippen LogP contribution is -2.35. The Labute approximate surface area is 245 Å². The molecule has 40 heavy (non-hydrogen) atoms. The number of hydrogen-bond acceptors (Lipinski definition) is 8. The van der Waals surface area contributed by atoms with Gasteiger partial charge in [0.25, 0.3) is 11.8 Å². The van der Waals surface area contributed by atoms with E-state index in [2.05, 4.69) is 37.6 Å². The van der Waals surface area contributed by atoms with Crippen molar-refractivity contribution in [3.8, 4) is 11.1 Å². The number of aromatic nitrogens is 2. The summed E-state index contributed by atoms with van der Waals surface area (Å²) < 4.78 is 0.652. The topological polar surface area (TPSA) is 107 Å². The summed E-state index contributed by atoms with van der Waals surface area (Å²) in [4.78, 5) is 36.9. The number of rotatable bonds is 8. The van der Waals surface area contributed by atoms with Gasteiger partial charge in [0.2, 0.25) is 0 Å².